The van der Waals surface area contributed by atoms with Crippen molar-refractivity contribution in [2.75, 3.05) is 5.75 Å². The summed E-state index contributed by atoms with van der Waals surface area (Å²) in [7, 11) is 0. The SMILES string of the molecule is Cc1cccc(SCC(Cc2nccs2)NN)c1. The highest BCUT2D eigenvalue weighted by Gasteiger charge is 2.10. The van der Waals surface area contributed by atoms with Gasteiger partial charge in [-0.1, -0.05) is 17.7 Å². The first kappa shape index (κ1) is 13.5. The van der Waals surface area contributed by atoms with Crippen LogP contribution in [0.5, 0.6) is 0 Å². The first-order chi connectivity index (χ1) is 8.78. The van der Waals surface area contributed by atoms with Crippen molar-refractivity contribution in [2.45, 2.75) is 24.3 Å². The molecule has 0 aliphatic rings. The molecule has 2 rings (SSSR count). The van der Waals surface area contributed by atoms with E-state index in [9.17, 15) is 0 Å². The molecule has 5 heteroatoms. The predicted molar refractivity (Wildman–Crippen MR) is 78.8 cm³/mol. The van der Waals surface area contributed by atoms with Crippen LogP contribution in [0.25, 0.3) is 0 Å². The van der Waals surface area contributed by atoms with Gasteiger partial charge in [-0.3, -0.25) is 11.3 Å². The molecule has 0 aliphatic carbocycles. The Balaban J connectivity index is 1.87. The lowest BCUT2D eigenvalue weighted by molar-refractivity contribution is 0.574. The monoisotopic (exact) mass is 279 g/mol. The van der Waals surface area contributed by atoms with Gasteiger partial charge in [0.25, 0.3) is 0 Å². The maximum absolute atomic E-state index is 5.60. The number of thiazole rings is 1. The summed E-state index contributed by atoms with van der Waals surface area (Å²) < 4.78 is 0. The minimum Gasteiger partial charge on any atom is -0.271 e. The molecule has 0 aliphatic heterocycles. The minimum absolute atomic E-state index is 0.252. The quantitative estimate of drug-likeness (QED) is 0.485. The number of hydrazine groups is 1. The molecule has 18 heavy (non-hydrogen) atoms. The van der Waals surface area contributed by atoms with Crippen LogP contribution in [0.4, 0.5) is 0 Å². The molecule has 0 spiro atoms. The Morgan fingerprint density at radius 1 is 1.50 bits per heavy atom. The van der Waals surface area contributed by atoms with Crippen LogP contribution in [0.3, 0.4) is 0 Å². The van der Waals surface area contributed by atoms with Gasteiger partial charge in [-0.25, -0.2) is 4.98 Å². The Hall–Kier alpha value is -0.880. The number of hydrogen-bond acceptors (Lipinski definition) is 5. The van der Waals surface area contributed by atoms with Crippen molar-refractivity contribution in [1.82, 2.24) is 10.4 Å². The van der Waals surface area contributed by atoms with E-state index in [0.29, 0.717) is 0 Å². The summed E-state index contributed by atoms with van der Waals surface area (Å²) in [4.78, 5) is 5.57. The number of rotatable bonds is 6. The molecule has 1 unspecified atom stereocenters. The van der Waals surface area contributed by atoms with Crippen LogP contribution < -0.4 is 11.3 Å². The molecule has 1 heterocycles. The fourth-order valence-corrected chi connectivity index (χ4v) is 3.38. The number of aromatic nitrogens is 1. The molecule has 0 bridgehead atoms. The van der Waals surface area contributed by atoms with E-state index in [0.717, 1.165) is 17.2 Å². The van der Waals surface area contributed by atoms with Crippen LogP contribution in [-0.4, -0.2) is 16.8 Å². The van der Waals surface area contributed by atoms with Crippen molar-refractivity contribution in [2.24, 2.45) is 5.84 Å². The summed E-state index contributed by atoms with van der Waals surface area (Å²) in [6.45, 7) is 2.11. The van der Waals surface area contributed by atoms with Gasteiger partial charge in [0.15, 0.2) is 0 Å². The van der Waals surface area contributed by atoms with Crippen molar-refractivity contribution in [3.05, 3.63) is 46.4 Å². The lowest BCUT2D eigenvalue weighted by atomic mass is 10.2. The molecule has 0 fully saturated rings. The maximum atomic E-state index is 5.60. The number of benzene rings is 1. The van der Waals surface area contributed by atoms with Crippen molar-refractivity contribution in [1.29, 1.82) is 0 Å². The number of nitrogens with zero attached hydrogens (tertiary/aromatic N) is 1. The van der Waals surface area contributed by atoms with Crippen LogP contribution in [-0.2, 0) is 6.42 Å². The second-order valence-electron chi connectivity index (χ2n) is 4.12. The average molecular weight is 279 g/mol. The fraction of sp³-hybridized carbons (Fsp3) is 0.308. The molecule has 0 radical (unpaired) electrons. The van der Waals surface area contributed by atoms with Crippen molar-refractivity contribution in [3.8, 4) is 0 Å². The van der Waals surface area contributed by atoms with Gasteiger partial charge >= 0.3 is 0 Å². The van der Waals surface area contributed by atoms with Crippen molar-refractivity contribution < 1.29 is 0 Å². The van der Waals surface area contributed by atoms with Crippen molar-refractivity contribution >= 4 is 23.1 Å². The van der Waals surface area contributed by atoms with Gasteiger partial charge in [0.05, 0.1) is 5.01 Å². The highest BCUT2D eigenvalue weighted by Crippen LogP contribution is 2.20. The molecule has 0 saturated carbocycles. The van der Waals surface area contributed by atoms with Gasteiger partial charge in [0.1, 0.15) is 0 Å². The van der Waals surface area contributed by atoms with Crippen LogP contribution in [0.2, 0.25) is 0 Å². The number of hydrogen-bond donors (Lipinski definition) is 2. The van der Waals surface area contributed by atoms with Gasteiger partial charge in [-0.2, -0.15) is 0 Å². The molecule has 3 nitrogen and oxygen atoms in total. The number of thioether (sulfide) groups is 1. The van der Waals surface area contributed by atoms with Crippen LogP contribution >= 0.6 is 23.1 Å². The molecule has 1 aromatic heterocycles. The molecule has 3 N–H and O–H groups in total. The van der Waals surface area contributed by atoms with Crippen LogP contribution in [0.15, 0.2) is 40.7 Å². The Morgan fingerprint density at radius 3 is 3.06 bits per heavy atom. The molecule has 96 valence electrons. The second kappa shape index (κ2) is 6.89. The number of nitrogens with two attached hydrogens (primary N) is 1. The minimum atomic E-state index is 0.252. The summed E-state index contributed by atoms with van der Waals surface area (Å²) in [5, 5.41) is 3.12. The zero-order chi connectivity index (χ0) is 12.8. The van der Waals surface area contributed by atoms with Crippen LogP contribution in [0.1, 0.15) is 10.6 Å². The van der Waals surface area contributed by atoms with E-state index in [-0.39, 0.29) is 6.04 Å². The van der Waals surface area contributed by atoms with Gasteiger partial charge in [0, 0.05) is 34.7 Å². The van der Waals surface area contributed by atoms with Crippen molar-refractivity contribution in [3.63, 3.8) is 0 Å². The molecule has 2 aromatic rings. The normalized spacial score (nSPS) is 12.6. The lowest BCUT2D eigenvalue weighted by Gasteiger charge is -2.14. The van der Waals surface area contributed by atoms with E-state index in [4.69, 9.17) is 5.84 Å². The van der Waals surface area contributed by atoms with Crippen LogP contribution in [0, 0.1) is 6.92 Å². The third-order valence-corrected chi connectivity index (χ3v) is 4.54. The fourth-order valence-electron chi connectivity index (χ4n) is 1.63. The van der Waals surface area contributed by atoms with Gasteiger partial charge in [0.2, 0.25) is 0 Å². The maximum Gasteiger partial charge on any atom is 0.0941 e. The van der Waals surface area contributed by atoms with E-state index in [2.05, 4.69) is 41.6 Å². The number of nitrogens with one attached hydrogen (secondary N) is 1. The van der Waals surface area contributed by atoms with Gasteiger partial charge in [-0.15, -0.1) is 23.1 Å². The molecule has 0 saturated heterocycles. The standard InChI is InChI=1S/C13H17N3S2/c1-10-3-2-4-12(7-10)18-9-11(16-14)8-13-15-5-6-17-13/h2-7,11,16H,8-9,14H2,1H3. The Bertz CT molecular complexity index is 471. The Kier molecular flexibility index (Phi) is 5.19. The molecular formula is C13H17N3S2. The summed E-state index contributed by atoms with van der Waals surface area (Å²) in [5.74, 6) is 6.54. The summed E-state index contributed by atoms with van der Waals surface area (Å²) >= 11 is 3.50. The number of aryl methyl sites for hydroxylation is 1. The Morgan fingerprint density at radius 2 is 2.39 bits per heavy atom. The third kappa shape index (κ3) is 4.10. The summed E-state index contributed by atoms with van der Waals surface area (Å²) in [5.41, 5.74) is 4.16. The highest BCUT2D eigenvalue weighted by molar-refractivity contribution is 7.99. The molecule has 1 atom stereocenters. The average Bonchev–Trinajstić information content (AvgIpc) is 2.87. The van der Waals surface area contributed by atoms with Gasteiger partial charge < -0.3 is 0 Å². The third-order valence-electron chi connectivity index (χ3n) is 2.58. The van der Waals surface area contributed by atoms with Gasteiger partial charge in [-0.05, 0) is 19.1 Å². The van der Waals surface area contributed by atoms with E-state index < -0.39 is 0 Å². The highest BCUT2D eigenvalue weighted by atomic mass is 32.2. The zero-order valence-corrected chi connectivity index (χ0v) is 11.9. The first-order valence-electron chi connectivity index (χ1n) is 5.82. The molecule has 1 aromatic carbocycles. The lowest BCUT2D eigenvalue weighted by Crippen LogP contribution is -2.38. The summed E-state index contributed by atoms with van der Waals surface area (Å²) in [6.07, 6.45) is 2.72. The van der Waals surface area contributed by atoms with E-state index in [1.54, 1.807) is 11.3 Å². The smallest absolute Gasteiger partial charge is 0.0941 e. The molecule has 0 amide bonds. The molecular weight excluding hydrogens is 262 g/mol. The van der Waals surface area contributed by atoms with E-state index in [1.165, 1.54) is 10.5 Å². The zero-order valence-electron chi connectivity index (χ0n) is 10.3. The van der Waals surface area contributed by atoms with E-state index in [1.807, 2.05) is 23.3 Å². The predicted octanol–water partition coefficient (Wildman–Crippen LogP) is 2.62. The largest absolute Gasteiger partial charge is 0.271 e. The van der Waals surface area contributed by atoms with E-state index >= 15 is 0 Å². The second-order valence-corrected chi connectivity index (χ2v) is 6.19. The topological polar surface area (TPSA) is 50.9 Å². The summed E-state index contributed by atoms with van der Waals surface area (Å²) in [6, 6.07) is 8.78. The first-order valence-corrected chi connectivity index (χ1v) is 7.68. The Labute approximate surface area is 116 Å².